The largest absolute Gasteiger partial charge is 0.350 e. The first-order chi connectivity index (χ1) is 7.08. The van der Waals surface area contributed by atoms with Gasteiger partial charge in [0.05, 0.1) is 5.92 Å². The number of hydrogen-bond donors (Lipinski definition) is 1. The summed E-state index contributed by atoms with van der Waals surface area (Å²) >= 11 is 0. The van der Waals surface area contributed by atoms with Crippen molar-refractivity contribution in [2.24, 2.45) is 5.92 Å². The molecule has 1 amide bonds. The summed E-state index contributed by atoms with van der Waals surface area (Å²) in [4.78, 5) is 11.7. The van der Waals surface area contributed by atoms with Crippen LogP contribution in [0, 0.1) is 5.92 Å². The maximum Gasteiger partial charge on any atom is 0.224 e. The number of fused-ring (bicyclic) bond motifs is 1. The van der Waals surface area contributed by atoms with Gasteiger partial charge in [-0.2, -0.15) is 0 Å². The molecule has 1 saturated carbocycles. The van der Waals surface area contributed by atoms with Crippen LogP contribution in [0.25, 0.3) is 0 Å². The molecular formula is C13H15NO. The van der Waals surface area contributed by atoms with Gasteiger partial charge in [0.2, 0.25) is 5.91 Å². The van der Waals surface area contributed by atoms with E-state index in [1.807, 2.05) is 6.07 Å². The number of nitrogens with one attached hydrogen (secondary N) is 1. The van der Waals surface area contributed by atoms with E-state index in [2.05, 4.69) is 43.4 Å². The van der Waals surface area contributed by atoms with E-state index in [0.717, 1.165) is 6.42 Å². The molecule has 1 aliphatic carbocycles. The highest BCUT2D eigenvalue weighted by molar-refractivity contribution is 5.90. The van der Waals surface area contributed by atoms with E-state index in [9.17, 15) is 4.79 Å². The molecule has 1 aliphatic heterocycles. The van der Waals surface area contributed by atoms with Gasteiger partial charge in [-0.15, -0.1) is 0 Å². The van der Waals surface area contributed by atoms with Crippen LogP contribution in [0.2, 0.25) is 0 Å². The average molecular weight is 201 g/mol. The zero-order chi connectivity index (χ0) is 10.7. The van der Waals surface area contributed by atoms with Crippen molar-refractivity contribution in [1.82, 2.24) is 5.32 Å². The van der Waals surface area contributed by atoms with Crippen molar-refractivity contribution in [2.45, 2.75) is 31.2 Å². The molecule has 0 spiro atoms. The second-order valence-electron chi connectivity index (χ2n) is 5.21. The molecule has 0 bridgehead atoms. The number of piperidine rings is 1. The van der Waals surface area contributed by atoms with Gasteiger partial charge in [-0.05, 0) is 25.8 Å². The Kier molecular flexibility index (Phi) is 1.45. The summed E-state index contributed by atoms with van der Waals surface area (Å²) in [7, 11) is 0. The summed E-state index contributed by atoms with van der Waals surface area (Å²) in [6.07, 6.45) is 1.01. The van der Waals surface area contributed by atoms with E-state index in [4.69, 9.17) is 0 Å². The molecule has 1 saturated heterocycles. The van der Waals surface area contributed by atoms with Crippen LogP contribution in [0.4, 0.5) is 0 Å². The smallest absolute Gasteiger partial charge is 0.224 e. The van der Waals surface area contributed by atoms with E-state index in [1.54, 1.807) is 0 Å². The molecule has 2 nitrogen and oxygen atoms in total. The Balaban J connectivity index is 2.11. The summed E-state index contributed by atoms with van der Waals surface area (Å²) in [6.45, 7) is 4.26. The normalized spacial score (nSPS) is 35.9. The van der Waals surface area contributed by atoms with E-state index in [1.165, 1.54) is 5.56 Å². The molecule has 2 heteroatoms. The second-order valence-corrected chi connectivity index (χ2v) is 5.21. The number of carbonyl (C=O) groups excluding carboxylic acids is 1. The highest BCUT2D eigenvalue weighted by Crippen LogP contribution is 2.64. The van der Waals surface area contributed by atoms with E-state index < -0.39 is 0 Å². The molecule has 0 radical (unpaired) electrons. The molecule has 78 valence electrons. The van der Waals surface area contributed by atoms with Crippen LogP contribution in [0.15, 0.2) is 30.3 Å². The van der Waals surface area contributed by atoms with Crippen LogP contribution in [0.5, 0.6) is 0 Å². The lowest BCUT2D eigenvalue weighted by molar-refractivity contribution is -0.121. The highest BCUT2D eigenvalue weighted by Gasteiger charge is 2.72. The number of amides is 1. The molecule has 2 aliphatic rings. The van der Waals surface area contributed by atoms with Gasteiger partial charge in [0.1, 0.15) is 0 Å². The molecule has 3 rings (SSSR count). The zero-order valence-corrected chi connectivity index (χ0v) is 9.08. The fourth-order valence-corrected chi connectivity index (χ4v) is 3.19. The molecule has 1 aromatic rings. The first-order valence-corrected chi connectivity index (χ1v) is 5.45. The molecule has 15 heavy (non-hydrogen) atoms. The number of rotatable bonds is 1. The summed E-state index contributed by atoms with van der Waals surface area (Å²) in [5, 5.41) is 3.09. The Hall–Kier alpha value is -1.31. The van der Waals surface area contributed by atoms with Crippen LogP contribution >= 0.6 is 0 Å². The minimum Gasteiger partial charge on any atom is -0.350 e. The topological polar surface area (TPSA) is 29.1 Å². The third-order valence-corrected chi connectivity index (χ3v) is 4.12. The highest BCUT2D eigenvalue weighted by atomic mass is 16.2. The number of hydrogen-bond acceptors (Lipinski definition) is 1. The van der Waals surface area contributed by atoms with Gasteiger partial charge in [-0.1, -0.05) is 30.3 Å². The van der Waals surface area contributed by atoms with Gasteiger partial charge in [-0.3, -0.25) is 4.79 Å². The fourth-order valence-electron chi connectivity index (χ4n) is 3.19. The van der Waals surface area contributed by atoms with Crippen molar-refractivity contribution < 1.29 is 4.79 Å². The standard InChI is InChI=1S/C13H15NO/c1-12(2)13(8-10(13)11(15)14-12)9-6-4-3-5-7-9/h3-7,10H,8H2,1-2H3,(H,14,15). The molecule has 0 aromatic heterocycles. The van der Waals surface area contributed by atoms with Gasteiger partial charge in [0.15, 0.2) is 0 Å². The zero-order valence-electron chi connectivity index (χ0n) is 9.08. The molecule has 1 heterocycles. The third kappa shape index (κ3) is 0.921. The predicted octanol–water partition coefficient (Wildman–Crippen LogP) is 1.85. The maximum atomic E-state index is 11.7. The fraction of sp³-hybridized carbons (Fsp3) is 0.462. The monoisotopic (exact) mass is 201 g/mol. The Bertz CT molecular complexity index is 423. The minimum absolute atomic E-state index is 0.0609. The molecule has 2 fully saturated rings. The molecule has 2 unspecified atom stereocenters. The van der Waals surface area contributed by atoms with Crippen molar-refractivity contribution in [3.63, 3.8) is 0 Å². The van der Waals surface area contributed by atoms with Crippen LogP contribution in [-0.2, 0) is 10.2 Å². The Morgan fingerprint density at radius 1 is 1.27 bits per heavy atom. The first-order valence-electron chi connectivity index (χ1n) is 5.45. The van der Waals surface area contributed by atoms with Gasteiger partial charge in [-0.25, -0.2) is 0 Å². The van der Waals surface area contributed by atoms with Crippen LogP contribution in [0.1, 0.15) is 25.8 Å². The quantitative estimate of drug-likeness (QED) is 0.738. The van der Waals surface area contributed by atoms with Crippen molar-refractivity contribution in [3.05, 3.63) is 35.9 Å². The van der Waals surface area contributed by atoms with Crippen molar-refractivity contribution in [2.75, 3.05) is 0 Å². The molecule has 2 atom stereocenters. The van der Waals surface area contributed by atoms with Gasteiger partial charge in [0.25, 0.3) is 0 Å². The van der Waals surface area contributed by atoms with Gasteiger partial charge in [0, 0.05) is 11.0 Å². The Morgan fingerprint density at radius 3 is 2.40 bits per heavy atom. The first kappa shape index (κ1) is 8.96. The number of benzene rings is 1. The minimum atomic E-state index is -0.101. The van der Waals surface area contributed by atoms with Crippen molar-refractivity contribution in [3.8, 4) is 0 Å². The molecular weight excluding hydrogens is 186 g/mol. The summed E-state index contributed by atoms with van der Waals surface area (Å²) < 4.78 is 0. The van der Waals surface area contributed by atoms with E-state index >= 15 is 0 Å². The van der Waals surface area contributed by atoms with Crippen LogP contribution < -0.4 is 5.32 Å². The molecule has 1 N–H and O–H groups in total. The lowest BCUT2D eigenvalue weighted by Gasteiger charge is -2.31. The Labute approximate surface area is 89.7 Å². The summed E-state index contributed by atoms with van der Waals surface area (Å²) in [5.41, 5.74) is 1.26. The second kappa shape index (κ2) is 2.43. The lowest BCUT2D eigenvalue weighted by Crippen LogP contribution is -2.46. The summed E-state index contributed by atoms with van der Waals surface area (Å²) in [5.74, 6) is 0.429. The average Bonchev–Trinajstić information content (AvgIpc) is 2.90. The SMILES string of the molecule is CC1(C)NC(=O)C2CC21c1ccccc1. The van der Waals surface area contributed by atoms with E-state index in [-0.39, 0.29) is 22.8 Å². The Morgan fingerprint density at radius 2 is 1.93 bits per heavy atom. The van der Waals surface area contributed by atoms with E-state index in [0.29, 0.717) is 0 Å². The number of carbonyl (C=O) groups is 1. The molecule has 1 aromatic carbocycles. The maximum absolute atomic E-state index is 11.7. The van der Waals surface area contributed by atoms with Crippen molar-refractivity contribution in [1.29, 1.82) is 0 Å². The van der Waals surface area contributed by atoms with Gasteiger partial charge >= 0.3 is 0 Å². The predicted molar refractivity (Wildman–Crippen MR) is 58.4 cm³/mol. The summed E-state index contributed by atoms with van der Waals surface area (Å²) in [6, 6.07) is 10.4. The van der Waals surface area contributed by atoms with Crippen LogP contribution in [-0.4, -0.2) is 11.4 Å². The van der Waals surface area contributed by atoms with Crippen LogP contribution in [0.3, 0.4) is 0 Å². The van der Waals surface area contributed by atoms with Gasteiger partial charge < -0.3 is 5.32 Å². The third-order valence-electron chi connectivity index (χ3n) is 4.12. The van der Waals surface area contributed by atoms with Crippen molar-refractivity contribution >= 4 is 5.91 Å². The lowest BCUT2D eigenvalue weighted by atomic mass is 9.79.